The van der Waals surface area contributed by atoms with Gasteiger partial charge in [0.15, 0.2) is 6.29 Å². The van der Waals surface area contributed by atoms with Crippen LogP contribution in [0.3, 0.4) is 0 Å². The van der Waals surface area contributed by atoms with E-state index in [9.17, 15) is 18.0 Å². The summed E-state index contributed by atoms with van der Waals surface area (Å²) >= 11 is 0. The van der Waals surface area contributed by atoms with Crippen LogP contribution in [0.2, 0.25) is 0 Å². The molecule has 3 nitrogen and oxygen atoms in total. The zero-order valence-electron chi connectivity index (χ0n) is 9.47. The van der Waals surface area contributed by atoms with Gasteiger partial charge in [-0.3, -0.25) is 4.79 Å². The predicted molar refractivity (Wildman–Crippen MR) is 59.9 cm³/mol. The van der Waals surface area contributed by atoms with Gasteiger partial charge in [-0.05, 0) is 25.1 Å². The van der Waals surface area contributed by atoms with Gasteiger partial charge in [-0.1, -0.05) is 0 Å². The first-order valence-corrected chi connectivity index (χ1v) is 5.28. The van der Waals surface area contributed by atoms with Gasteiger partial charge in [-0.15, -0.1) is 0 Å². The van der Waals surface area contributed by atoms with Gasteiger partial charge in [0, 0.05) is 10.9 Å². The number of hydrogen-bond acceptors (Lipinski definition) is 2. The fourth-order valence-electron chi connectivity index (χ4n) is 1.75. The van der Waals surface area contributed by atoms with Crippen molar-refractivity contribution in [2.24, 2.45) is 0 Å². The standard InChI is InChI=1S/C12H10F3NO2/c1-2-18-11-7(6-17)3-4-9-8(11)5-10(16-9)12(13,14)15/h3-6,16H,2H2,1H3. The molecule has 1 aromatic carbocycles. The molecule has 0 amide bonds. The van der Waals surface area contributed by atoms with Crippen LogP contribution in [0.5, 0.6) is 5.75 Å². The van der Waals surface area contributed by atoms with Crippen molar-refractivity contribution < 1.29 is 22.7 Å². The molecule has 0 saturated carbocycles. The number of nitrogens with one attached hydrogen (secondary N) is 1. The van der Waals surface area contributed by atoms with Gasteiger partial charge in [0.05, 0.1) is 12.2 Å². The molecule has 1 aromatic heterocycles. The van der Waals surface area contributed by atoms with E-state index in [-0.39, 0.29) is 28.8 Å². The molecule has 0 atom stereocenters. The Balaban J connectivity index is 2.68. The number of aldehydes is 1. The van der Waals surface area contributed by atoms with E-state index in [1.165, 1.54) is 12.1 Å². The average Bonchev–Trinajstić information content (AvgIpc) is 2.73. The van der Waals surface area contributed by atoms with Crippen molar-refractivity contribution in [3.8, 4) is 5.75 Å². The summed E-state index contributed by atoms with van der Waals surface area (Å²) in [5.41, 5.74) is -0.338. The van der Waals surface area contributed by atoms with Crippen molar-refractivity contribution in [2.45, 2.75) is 13.1 Å². The van der Waals surface area contributed by atoms with Crippen LogP contribution in [-0.4, -0.2) is 17.9 Å². The Kier molecular flexibility index (Phi) is 3.02. The van der Waals surface area contributed by atoms with E-state index in [4.69, 9.17) is 4.74 Å². The number of alkyl halides is 3. The average molecular weight is 257 g/mol. The van der Waals surface area contributed by atoms with Gasteiger partial charge < -0.3 is 9.72 Å². The highest BCUT2D eigenvalue weighted by atomic mass is 19.4. The smallest absolute Gasteiger partial charge is 0.431 e. The fourth-order valence-corrected chi connectivity index (χ4v) is 1.75. The minimum absolute atomic E-state index is 0.178. The van der Waals surface area contributed by atoms with Gasteiger partial charge in [0.2, 0.25) is 0 Å². The predicted octanol–water partition coefficient (Wildman–Crippen LogP) is 3.40. The van der Waals surface area contributed by atoms with Crippen LogP contribution in [0.4, 0.5) is 13.2 Å². The number of ether oxygens (including phenoxy) is 1. The maximum Gasteiger partial charge on any atom is 0.431 e. The summed E-state index contributed by atoms with van der Waals surface area (Å²) < 4.78 is 43.0. The van der Waals surface area contributed by atoms with Gasteiger partial charge in [-0.25, -0.2) is 0 Å². The van der Waals surface area contributed by atoms with E-state index in [1.54, 1.807) is 6.92 Å². The molecule has 0 aliphatic carbocycles. The Morgan fingerprint density at radius 2 is 2.11 bits per heavy atom. The Hall–Kier alpha value is -1.98. The molecule has 96 valence electrons. The molecule has 0 unspecified atom stereocenters. The number of fused-ring (bicyclic) bond motifs is 1. The van der Waals surface area contributed by atoms with Crippen LogP contribution < -0.4 is 4.74 Å². The Morgan fingerprint density at radius 1 is 1.39 bits per heavy atom. The Morgan fingerprint density at radius 3 is 2.67 bits per heavy atom. The summed E-state index contributed by atoms with van der Waals surface area (Å²) in [4.78, 5) is 13.1. The lowest BCUT2D eigenvalue weighted by Gasteiger charge is -2.06. The van der Waals surface area contributed by atoms with E-state index in [1.807, 2.05) is 0 Å². The quantitative estimate of drug-likeness (QED) is 0.856. The molecule has 1 N–H and O–H groups in total. The SMILES string of the molecule is CCOc1c(C=O)ccc2[nH]c(C(F)(F)F)cc12. The normalized spacial score (nSPS) is 11.8. The van der Waals surface area contributed by atoms with E-state index in [2.05, 4.69) is 4.98 Å². The Bertz CT molecular complexity index is 587. The number of aromatic amines is 1. The van der Waals surface area contributed by atoms with E-state index < -0.39 is 11.9 Å². The van der Waals surface area contributed by atoms with Crippen molar-refractivity contribution in [1.82, 2.24) is 4.98 Å². The Labute approximate surface area is 101 Å². The van der Waals surface area contributed by atoms with Crippen molar-refractivity contribution >= 4 is 17.2 Å². The summed E-state index contributed by atoms with van der Waals surface area (Å²) in [6.45, 7) is 1.97. The molecule has 0 bridgehead atoms. The maximum absolute atomic E-state index is 12.6. The molecule has 1 heterocycles. The van der Waals surface area contributed by atoms with Crippen molar-refractivity contribution in [3.63, 3.8) is 0 Å². The minimum atomic E-state index is -4.45. The lowest BCUT2D eigenvalue weighted by molar-refractivity contribution is -0.140. The van der Waals surface area contributed by atoms with E-state index in [0.717, 1.165) is 6.07 Å². The first-order valence-electron chi connectivity index (χ1n) is 5.28. The van der Waals surface area contributed by atoms with Crippen LogP contribution in [0, 0.1) is 0 Å². The van der Waals surface area contributed by atoms with Crippen LogP contribution in [0.25, 0.3) is 10.9 Å². The largest absolute Gasteiger partial charge is 0.492 e. The molecular formula is C12H10F3NO2. The monoisotopic (exact) mass is 257 g/mol. The molecule has 6 heteroatoms. The number of H-pyrrole nitrogens is 1. The third-order valence-electron chi connectivity index (χ3n) is 2.51. The highest BCUT2D eigenvalue weighted by molar-refractivity contribution is 5.95. The molecule has 18 heavy (non-hydrogen) atoms. The minimum Gasteiger partial charge on any atom is -0.492 e. The molecule has 0 spiro atoms. The number of rotatable bonds is 3. The first kappa shape index (κ1) is 12.5. The summed E-state index contributed by atoms with van der Waals surface area (Å²) in [7, 11) is 0. The second-order valence-electron chi connectivity index (χ2n) is 3.68. The van der Waals surface area contributed by atoms with Crippen LogP contribution in [0.1, 0.15) is 23.0 Å². The van der Waals surface area contributed by atoms with Crippen molar-refractivity contribution in [2.75, 3.05) is 6.61 Å². The highest BCUT2D eigenvalue weighted by Gasteiger charge is 2.33. The molecule has 0 radical (unpaired) electrons. The van der Waals surface area contributed by atoms with Crippen LogP contribution >= 0.6 is 0 Å². The van der Waals surface area contributed by atoms with Crippen molar-refractivity contribution in [3.05, 3.63) is 29.5 Å². The zero-order valence-corrected chi connectivity index (χ0v) is 9.47. The van der Waals surface area contributed by atoms with E-state index in [0.29, 0.717) is 6.29 Å². The molecule has 0 saturated heterocycles. The molecule has 0 aliphatic rings. The fraction of sp³-hybridized carbons (Fsp3) is 0.250. The number of aromatic nitrogens is 1. The molecule has 0 aliphatic heterocycles. The zero-order chi connectivity index (χ0) is 13.3. The maximum atomic E-state index is 12.6. The van der Waals surface area contributed by atoms with Crippen LogP contribution in [-0.2, 0) is 6.18 Å². The summed E-state index contributed by atoms with van der Waals surface area (Å²) in [6.07, 6.45) is -3.89. The number of benzene rings is 1. The molecular weight excluding hydrogens is 247 g/mol. The van der Waals surface area contributed by atoms with Gasteiger partial charge >= 0.3 is 6.18 Å². The number of hydrogen-bond donors (Lipinski definition) is 1. The van der Waals surface area contributed by atoms with Gasteiger partial charge in [-0.2, -0.15) is 13.2 Å². The van der Waals surface area contributed by atoms with Crippen LogP contribution in [0.15, 0.2) is 18.2 Å². The number of carbonyl (C=O) groups excluding carboxylic acids is 1. The summed E-state index contributed by atoms with van der Waals surface area (Å²) in [6, 6.07) is 3.81. The lowest BCUT2D eigenvalue weighted by atomic mass is 10.1. The van der Waals surface area contributed by atoms with Gasteiger partial charge in [0.1, 0.15) is 11.4 Å². The highest BCUT2D eigenvalue weighted by Crippen LogP contribution is 2.35. The second kappa shape index (κ2) is 4.36. The second-order valence-corrected chi connectivity index (χ2v) is 3.68. The topological polar surface area (TPSA) is 42.1 Å². The van der Waals surface area contributed by atoms with Gasteiger partial charge in [0.25, 0.3) is 0 Å². The summed E-state index contributed by atoms with van der Waals surface area (Å²) in [5.74, 6) is 0.178. The summed E-state index contributed by atoms with van der Waals surface area (Å²) in [5, 5.41) is 0.258. The third-order valence-corrected chi connectivity index (χ3v) is 2.51. The lowest BCUT2D eigenvalue weighted by Crippen LogP contribution is -2.04. The van der Waals surface area contributed by atoms with E-state index >= 15 is 0 Å². The number of carbonyl (C=O) groups is 1. The molecule has 2 rings (SSSR count). The molecule has 2 aromatic rings. The molecule has 0 fully saturated rings. The van der Waals surface area contributed by atoms with Crippen molar-refractivity contribution in [1.29, 1.82) is 0 Å². The number of halogens is 3. The third kappa shape index (κ3) is 2.05. The first-order chi connectivity index (χ1) is 8.47.